The minimum Gasteiger partial charge on any atom is -0.493 e. The first-order chi connectivity index (χ1) is 8.56. The Bertz CT molecular complexity index is 374. The summed E-state index contributed by atoms with van der Waals surface area (Å²) in [6.45, 7) is -0.500. The van der Waals surface area contributed by atoms with Crippen molar-refractivity contribution in [2.24, 2.45) is 0 Å². The number of nitrogens with one attached hydrogen (secondary N) is 1. The molecule has 4 nitrogen and oxygen atoms in total. The molecule has 1 atom stereocenters. The lowest BCUT2D eigenvalue weighted by atomic mass is 10.2. The van der Waals surface area contributed by atoms with Crippen LogP contribution in [0.5, 0.6) is 11.5 Å². The minimum absolute atomic E-state index is 0.00598. The highest BCUT2D eigenvalue weighted by atomic mass is 19.3. The van der Waals surface area contributed by atoms with Crippen LogP contribution in [-0.2, 0) is 6.54 Å². The molecule has 0 unspecified atom stereocenters. The van der Waals surface area contributed by atoms with Gasteiger partial charge in [0.2, 0.25) is 0 Å². The van der Waals surface area contributed by atoms with E-state index in [9.17, 15) is 8.78 Å². The Kier molecular flexibility index (Phi) is 5.80. The first-order valence-corrected chi connectivity index (χ1v) is 5.52. The zero-order valence-electron chi connectivity index (χ0n) is 10.3. The van der Waals surface area contributed by atoms with Gasteiger partial charge in [-0.3, -0.25) is 0 Å². The molecule has 0 saturated carbocycles. The van der Waals surface area contributed by atoms with Crippen molar-refractivity contribution < 1.29 is 23.4 Å². The Morgan fingerprint density at radius 2 is 2.06 bits per heavy atom. The average Bonchev–Trinajstić information content (AvgIpc) is 2.36. The van der Waals surface area contributed by atoms with Crippen LogP contribution < -0.4 is 14.8 Å². The maximum absolute atomic E-state index is 12.1. The topological polar surface area (TPSA) is 50.7 Å². The minimum atomic E-state index is -2.88. The van der Waals surface area contributed by atoms with E-state index in [1.807, 2.05) is 6.92 Å². The molecular weight excluding hydrogens is 244 g/mol. The van der Waals surface area contributed by atoms with Crippen molar-refractivity contribution in [3.8, 4) is 11.5 Å². The first kappa shape index (κ1) is 14.7. The summed E-state index contributed by atoms with van der Waals surface area (Å²) in [5.74, 6) is 0.262. The van der Waals surface area contributed by atoms with Gasteiger partial charge in [-0.05, 0) is 24.6 Å². The molecule has 0 aromatic heterocycles. The van der Waals surface area contributed by atoms with Crippen molar-refractivity contribution in [2.75, 3.05) is 13.7 Å². The SMILES string of the molecule is COc1cc(CN[C@H](C)CO)ccc1OC(F)F. The summed E-state index contributed by atoms with van der Waals surface area (Å²) >= 11 is 0. The Hall–Kier alpha value is -1.40. The summed E-state index contributed by atoms with van der Waals surface area (Å²) in [4.78, 5) is 0. The predicted octanol–water partition coefficient (Wildman–Crippen LogP) is 1.77. The van der Waals surface area contributed by atoms with Crippen LogP contribution in [0.2, 0.25) is 0 Å². The second-order valence-electron chi connectivity index (χ2n) is 3.83. The van der Waals surface area contributed by atoms with Gasteiger partial charge in [0.15, 0.2) is 11.5 Å². The Morgan fingerprint density at radius 1 is 1.33 bits per heavy atom. The second kappa shape index (κ2) is 7.13. The fourth-order valence-corrected chi connectivity index (χ4v) is 1.37. The summed E-state index contributed by atoms with van der Waals surface area (Å²) in [6.07, 6.45) is 0. The number of halogens is 2. The van der Waals surface area contributed by atoms with E-state index in [2.05, 4.69) is 10.1 Å². The molecule has 0 aliphatic rings. The molecule has 6 heteroatoms. The summed E-state index contributed by atoms with van der Waals surface area (Å²) < 4.78 is 33.5. The van der Waals surface area contributed by atoms with Crippen molar-refractivity contribution in [1.29, 1.82) is 0 Å². The molecule has 0 spiro atoms. The molecule has 0 fully saturated rings. The summed E-state index contributed by atoms with van der Waals surface area (Å²) in [6, 6.07) is 4.69. The Morgan fingerprint density at radius 3 is 2.61 bits per heavy atom. The molecule has 2 N–H and O–H groups in total. The number of aliphatic hydroxyl groups excluding tert-OH is 1. The van der Waals surface area contributed by atoms with Gasteiger partial charge in [0.1, 0.15) is 0 Å². The number of aliphatic hydroxyl groups is 1. The number of benzene rings is 1. The van der Waals surface area contributed by atoms with E-state index >= 15 is 0 Å². The number of ether oxygens (including phenoxy) is 2. The van der Waals surface area contributed by atoms with E-state index in [0.29, 0.717) is 6.54 Å². The van der Waals surface area contributed by atoms with Crippen LogP contribution in [0.4, 0.5) is 8.78 Å². The van der Waals surface area contributed by atoms with E-state index < -0.39 is 6.61 Å². The molecule has 102 valence electrons. The van der Waals surface area contributed by atoms with Crippen molar-refractivity contribution in [3.63, 3.8) is 0 Å². The number of rotatable bonds is 7. The van der Waals surface area contributed by atoms with Gasteiger partial charge < -0.3 is 19.9 Å². The largest absolute Gasteiger partial charge is 0.493 e. The van der Waals surface area contributed by atoms with Crippen LogP contribution in [-0.4, -0.2) is 31.5 Å². The Balaban J connectivity index is 2.72. The maximum Gasteiger partial charge on any atom is 0.387 e. The fraction of sp³-hybridized carbons (Fsp3) is 0.500. The van der Waals surface area contributed by atoms with Crippen LogP contribution in [0, 0.1) is 0 Å². The lowest BCUT2D eigenvalue weighted by Gasteiger charge is -2.13. The quantitative estimate of drug-likeness (QED) is 0.785. The van der Waals surface area contributed by atoms with Crippen LogP contribution in [0.3, 0.4) is 0 Å². The van der Waals surface area contributed by atoms with Gasteiger partial charge in [-0.25, -0.2) is 0 Å². The van der Waals surface area contributed by atoms with Gasteiger partial charge in [-0.15, -0.1) is 0 Å². The van der Waals surface area contributed by atoms with Gasteiger partial charge >= 0.3 is 6.61 Å². The van der Waals surface area contributed by atoms with E-state index in [4.69, 9.17) is 9.84 Å². The van der Waals surface area contributed by atoms with E-state index in [-0.39, 0.29) is 24.1 Å². The van der Waals surface area contributed by atoms with Crippen LogP contribution in [0.1, 0.15) is 12.5 Å². The maximum atomic E-state index is 12.1. The van der Waals surface area contributed by atoms with Gasteiger partial charge in [-0.1, -0.05) is 6.07 Å². The average molecular weight is 261 g/mol. The van der Waals surface area contributed by atoms with E-state index in [1.165, 1.54) is 13.2 Å². The number of methoxy groups -OCH3 is 1. The summed E-state index contributed by atoms with van der Waals surface area (Å²) in [5, 5.41) is 11.9. The van der Waals surface area contributed by atoms with Gasteiger partial charge in [0.05, 0.1) is 13.7 Å². The van der Waals surface area contributed by atoms with Gasteiger partial charge in [0, 0.05) is 12.6 Å². The summed E-state index contributed by atoms with van der Waals surface area (Å²) in [5.41, 5.74) is 0.855. The standard InChI is InChI=1S/C12H17F2NO3/c1-8(7-16)15-6-9-3-4-10(18-12(13)14)11(5-9)17-2/h3-5,8,12,15-16H,6-7H2,1-2H3/t8-/m1/s1. The van der Waals surface area contributed by atoms with Gasteiger partial charge in [0.25, 0.3) is 0 Å². The van der Waals surface area contributed by atoms with E-state index in [1.54, 1.807) is 12.1 Å². The fourth-order valence-electron chi connectivity index (χ4n) is 1.37. The number of hydrogen-bond acceptors (Lipinski definition) is 4. The molecule has 0 amide bonds. The zero-order chi connectivity index (χ0) is 13.5. The molecule has 0 heterocycles. The van der Waals surface area contributed by atoms with Crippen molar-refractivity contribution in [2.45, 2.75) is 26.1 Å². The first-order valence-electron chi connectivity index (χ1n) is 5.52. The molecule has 0 saturated heterocycles. The zero-order valence-corrected chi connectivity index (χ0v) is 10.3. The second-order valence-corrected chi connectivity index (χ2v) is 3.83. The molecule has 0 aliphatic heterocycles. The molecule has 0 radical (unpaired) electrons. The molecule has 0 aliphatic carbocycles. The third-order valence-corrected chi connectivity index (χ3v) is 2.37. The van der Waals surface area contributed by atoms with Crippen LogP contribution in [0.25, 0.3) is 0 Å². The molecule has 1 aromatic rings. The highest BCUT2D eigenvalue weighted by Crippen LogP contribution is 2.29. The van der Waals surface area contributed by atoms with E-state index in [0.717, 1.165) is 5.56 Å². The third-order valence-electron chi connectivity index (χ3n) is 2.37. The summed E-state index contributed by atoms with van der Waals surface area (Å²) in [7, 11) is 1.39. The normalized spacial score (nSPS) is 12.6. The smallest absolute Gasteiger partial charge is 0.387 e. The molecular formula is C12H17F2NO3. The third kappa shape index (κ3) is 4.46. The molecule has 1 aromatic carbocycles. The molecule has 1 rings (SSSR count). The highest BCUT2D eigenvalue weighted by Gasteiger charge is 2.11. The van der Waals surface area contributed by atoms with Crippen LogP contribution >= 0.6 is 0 Å². The van der Waals surface area contributed by atoms with Crippen molar-refractivity contribution in [1.82, 2.24) is 5.32 Å². The molecule has 0 bridgehead atoms. The lowest BCUT2D eigenvalue weighted by Crippen LogP contribution is -2.28. The molecule has 18 heavy (non-hydrogen) atoms. The Labute approximate surface area is 105 Å². The van der Waals surface area contributed by atoms with Crippen molar-refractivity contribution >= 4 is 0 Å². The van der Waals surface area contributed by atoms with Gasteiger partial charge in [-0.2, -0.15) is 8.78 Å². The highest BCUT2D eigenvalue weighted by molar-refractivity contribution is 5.42. The number of hydrogen-bond donors (Lipinski definition) is 2. The predicted molar refractivity (Wildman–Crippen MR) is 63.0 cm³/mol. The lowest BCUT2D eigenvalue weighted by molar-refractivity contribution is -0.0512. The van der Waals surface area contributed by atoms with Crippen LogP contribution in [0.15, 0.2) is 18.2 Å². The number of alkyl halides is 2. The monoisotopic (exact) mass is 261 g/mol. The van der Waals surface area contributed by atoms with Crippen molar-refractivity contribution in [3.05, 3.63) is 23.8 Å².